The first-order valence-corrected chi connectivity index (χ1v) is 10.6. The second kappa shape index (κ2) is 8.92. The van der Waals surface area contributed by atoms with Gasteiger partial charge in [-0.15, -0.1) is 0 Å². The summed E-state index contributed by atoms with van der Waals surface area (Å²) in [5.74, 6) is 0.331. The average molecular weight is 474 g/mol. The molecule has 2 N–H and O–H groups in total. The van der Waals surface area contributed by atoms with Gasteiger partial charge in [0, 0.05) is 12.1 Å². The van der Waals surface area contributed by atoms with Crippen LogP contribution in [0.1, 0.15) is 45.6 Å². The van der Waals surface area contributed by atoms with Crippen LogP contribution in [0, 0.1) is 13.8 Å². The van der Waals surface area contributed by atoms with E-state index in [2.05, 4.69) is 15.7 Å². The number of fused-ring (bicyclic) bond motifs is 1. The summed E-state index contributed by atoms with van der Waals surface area (Å²) in [5, 5.41) is 9.81. The SMILES string of the molecule is COc1ccc([C@H]2C[C@@H](C(F)(F)F)n3ncc(C(=O)Nc4cccc(C)c4C)c3N2)cc1OC. The third-order valence-corrected chi connectivity index (χ3v) is 6.15. The largest absolute Gasteiger partial charge is 0.493 e. The lowest BCUT2D eigenvalue weighted by Gasteiger charge is -2.34. The minimum absolute atomic E-state index is 0.0103. The van der Waals surface area contributed by atoms with Crippen LogP contribution in [-0.4, -0.2) is 36.1 Å². The van der Waals surface area contributed by atoms with Crippen molar-refractivity contribution in [1.29, 1.82) is 0 Å². The molecular weight excluding hydrogens is 449 g/mol. The molecule has 0 bridgehead atoms. The van der Waals surface area contributed by atoms with Crippen LogP contribution in [0.15, 0.2) is 42.6 Å². The van der Waals surface area contributed by atoms with Gasteiger partial charge < -0.3 is 20.1 Å². The highest BCUT2D eigenvalue weighted by Crippen LogP contribution is 2.45. The summed E-state index contributed by atoms with van der Waals surface area (Å²) >= 11 is 0. The molecule has 2 aromatic carbocycles. The fraction of sp³-hybridized carbons (Fsp3) is 0.333. The fourth-order valence-electron chi connectivity index (χ4n) is 4.09. The van der Waals surface area contributed by atoms with Crippen LogP contribution < -0.4 is 20.1 Å². The number of rotatable bonds is 5. The number of aryl methyl sites for hydroxylation is 1. The van der Waals surface area contributed by atoms with Gasteiger partial charge in [0.15, 0.2) is 17.5 Å². The lowest BCUT2D eigenvalue weighted by atomic mass is 9.96. The van der Waals surface area contributed by atoms with Crippen molar-refractivity contribution in [3.05, 3.63) is 64.8 Å². The number of hydrogen-bond donors (Lipinski definition) is 2. The quantitative estimate of drug-likeness (QED) is 0.516. The number of anilines is 2. The van der Waals surface area contributed by atoms with Gasteiger partial charge in [-0.1, -0.05) is 18.2 Å². The van der Waals surface area contributed by atoms with Crippen LogP contribution in [0.4, 0.5) is 24.7 Å². The molecule has 0 spiro atoms. The zero-order valence-corrected chi connectivity index (χ0v) is 19.2. The van der Waals surface area contributed by atoms with E-state index in [4.69, 9.17) is 9.47 Å². The minimum Gasteiger partial charge on any atom is -0.493 e. The van der Waals surface area contributed by atoms with Crippen molar-refractivity contribution in [3.63, 3.8) is 0 Å². The molecule has 1 aromatic heterocycles. The topological polar surface area (TPSA) is 77.4 Å². The fourth-order valence-corrected chi connectivity index (χ4v) is 4.09. The number of carbonyl (C=O) groups excluding carboxylic acids is 1. The molecule has 3 aromatic rings. The molecular formula is C24H25F3N4O3. The van der Waals surface area contributed by atoms with Gasteiger partial charge in [0.2, 0.25) is 0 Å². The molecule has 0 saturated carbocycles. The summed E-state index contributed by atoms with van der Waals surface area (Å²) in [5.41, 5.74) is 3.05. The predicted molar refractivity (Wildman–Crippen MR) is 122 cm³/mol. The zero-order valence-electron chi connectivity index (χ0n) is 19.2. The molecule has 34 heavy (non-hydrogen) atoms. The van der Waals surface area contributed by atoms with Crippen LogP contribution in [0.5, 0.6) is 11.5 Å². The first kappa shape index (κ1) is 23.5. The van der Waals surface area contributed by atoms with Crippen molar-refractivity contribution < 1.29 is 27.4 Å². The van der Waals surface area contributed by atoms with Crippen LogP contribution >= 0.6 is 0 Å². The second-order valence-corrected chi connectivity index (χ2v) is 8.16. The summed E-state index contributed by atoms with van der Waals surface area (Å²) < 4.78 is 53.4. The highest BCUT2D eigenvalue weighted by molar-refractivity contribution is 6.08. The Bertz CT molecular complexity index is 1220. The molecule has 0 saturated heterocycles. The molecule has 180 valence electrons. The number of ether oxygens (including phenoxy) is 2. The lowest BCUT2D eigenvalue weighted by Crippen LogP contribution is -2.36. The van der Waals surface area contributed by atoms with E-state index in [0.717, 1.165) is 15.8 Å². The third-order valence-electron chi connectivity index (χ3n) is 6.15. The van der Waals surface area contributed by atoms with Crippen molar-refractivity contribution >= 4 is 17.4 Å². The molecule has 0 radical (unpaired) electrons. The number of nitrogens with zero attached hydrogens (tertiary/aromatic N) is 2. The Balaban J connectivity index is 1.71. The maximum Gasteiger partial charge on any atom is 0.410 e. The maximum atomic E-state index is 14.0. The number of benzene rings is 2. The Morgan fingerprint density at radius 3 is 2.56 bits per heavy atom. The van der Waals surface area contributed by atoms with Crippen LogP contribution in [0.2, 0.25) is 0 Å². The van der Waals surface area contributed by atoms with Gasteiger partial charge in [-0.25, -0.2) is 4.68 Å². The highest BCUT2D eigenvalue weighted by atomic mass is 19.4. The van der Waals surface area contributed by atoms with Gasteiger partial charge in [-0.3, -0.25) is 4.79 Å². The molecule has 1 aliphatic rings. The van der Waals surface area contributed by atoms with Gasteiger partial charge in [0.1, 0.15) is 11.4 Å². The van der Waals surface area contributed by atoms with Gasteiger partial charge >= 0.3 is 6.18 Å². The normalized spacial score (nSPS) is 17.5. The van der Waals surface area contributed by atoms with Crippen molar-refractivity contribution in [2.24, 2.45) is 0 Å². The maximum absolute atomic E-state index is 14.0. The molecule has 1 amide bonds. The summed E-state index contributed by atoms with van der Waals surface area (Å²) in [6, 6.07) is 7.77. The Labute approximate surface area is 194 Å². The first-order chi connectivity index (χ1) is 16.1. The number of aromatic nitrogens is 2. The summed E-state index contributed by atoms with van der Waals surface area (Å²) in [6.07, 6.45) is -3.69. The van der Waals surface area contributed by atoms with Gasteiger partial charge in [-0.05, 0) is 48.7 Å². The molecule has 4 rings (SSSR count). The average Bonchev–Trinajstić information content (AvgIpc) is 3.24. The van der Waals surface area contributed by atoms with Crippen molar-refractivity contribution in [2.75, 3.05) is 24.9 Å². The first-order valence-electron chi connectivity index (χ1n) is 10.6. The predicted octanol–water partition coefficient (Wildman–Crippen LogP) is 5.43. The summed E-state index contributed by atoms with van der Waals surface area (Å²) in [7, 11) is 2.94. The van der Waals surface area contributed by atoms with Gasteiger partial charge in [-0.2, -0.15) is 18.3 Å². The Morgan fingerprint density at radius 1 is 1.15 bits per heavy atom. The number of amides is 1. The van der Waals surface area contributed by atoms with Crippen molar-refractivity contribution in [3.8, 4) is 11.5 Å². The number of hydrogen-bond acceptors (Lipinski definition) is 5. The standard InChI is InChI=1S/C24H25F3N4O3/c1-13-6-5-7-17(14(13)2)30-23(32)16-12-28-31-21(24(25,26)27)11-18(29-22(16)31)15-8-9-19(33-3)20(10-15)34-4/h5-10,12,18,21,29H,11H2,1-4H3,(H,30,32)/t18-,21+/m1/s1. The molecule has 10 heteroatoms. The Hall–Kier alpha value is -3.69. The van der Waals surface area contributed by atoms with Crippen molar-refractivity contribution in [2.45, 2.75) is 38.5 Å². The monoisotopic (exact) mass is 474 g/mol. The minimum atomic E-state index is -4.56. The number of halogens is 3. The van der Waals surface area contributed by atoms with E-state index < -0.39 is 24.2 Å². The summed E-state index contributed by atoms with van der Waals surface area (Å²) in [6.45, 7) is 3.78. The number of alkyl halides is 3. The summed E-state index contributed by atoms with van der Waals surface area (Å²) in [4.78, 5) is 13.1. The second-order valence-electron chi connectivity index (χ2n) is 8.16. The van der Waals surface area contributed by atoms with E-state index in [-0.39, 0.29) is 17.8 Å². The number of methoxy groups -OCH3 is 2. The van der Waals surface area contributed by atoms with Crippen molar-refractivity contribution in [1.82, 2.24) is 9.78 Å². The van der Waals surface area contributed by atoms with Crippen LogP contribution in [-0.2, 0) is 0 Å². The van der Waals surface area contributed by atoms with E-state index in [1.54, 1.807) is 30.3 Å². The molecule has 2 heterocycles. The third kappa shape index (κ3) is 4.27. The van der Waals surface area contributed by atoms with E-state index >= 15 is 0 Å². The molecule has 7 nitrogen and oxygen atoms in total. The molecule has 0 fully saturated rings. The lowest BCUT2D eigenvalue weighted by molar-refractivity contribution is -0.173. The molecule has 0 aliphatic carbocycles. The molecule has 0 unspecified atom stereocenters. The molecule has 1 aliphatic heterocycles. The van der Waals surface area contributed by atoms with E-state index in [1.807, 2.05) is 19.9 Å². The highest BCUT2D eigenvalue weighted by Gasteiger charge is 2.47. The smallest absolute Gasteiger partial charge is 0.410 e. The van der Waals surface area contributed by atoms with Crippen LogP contribution in [0.3, 0.4) is 0 Å². The van der Waals surface area contributed by atoms with Gasteiger partial charge in [0.05, 0.1) is 26.5 Å². The molecule has 2 atom stereocenters. The van der Waals surface area contributed by atoms with E-state index in [1.165, 1.54) is 20.4 Å². The number of nitrogens with one attached hydrogen (secondary N) is 2. The zero-order chi connectivity index (χ0) is 24.6. The number of carbonyl (C=O) groups is 1. The Kier molecular flexibility index (Phi) is 6.16. The Morgan fingerprint density at radius 2 is 1.88 bits per heavy atom. The van der Waals surface area contributed by atoms with Crippen LogP contribution in [0.25, 0.3) is 0 Å². The van der Waals surface area contributed by atoms with E-state index in [0.29, 0.717) is 22.7 Å². The van der Waals surface area contributed by atoms with Gasteiger partial charge in [0.25, 0.3) is 5.91 Å². The van der Waals surface area contributed by atoms with E-state index in [9.17, 15) is 18.0 Å².